The van der Waals surface area contributed by atoms with Crippen LogP contribution in [0.1, 0.15) is 66.1 Å². The van der Waals surface area contributed by atoms with E-state index in [1.54, 1.807) is 0 Å². The van der Waals surface area contributed by atoms with Crippen molar-refractivity contribution in [3.8, 4) is 0 Å². The van der Waals surface area contributed by atoms with Crippen LogP contribution in [0.5, 0.6) is 0 Å². The summed E-state index contributed by atoms with van der Waals surface area (Å²) >= 11 is 0. The fraction of sp³-hybridized carbons (Fsp3) is 0.765. The van der Waals surface area contributed by atoms with Crippen LogP contribution >= 0.6 is 0 Å². The van der Waals surface area contributed by atoms with Crippen molar-refractivity contribution in [2.24, 2.45) is 0 Å². The molecule has 1 N–H and O–H groups in total. The molecular weight excluding hydrogens is 260 g/mol. The third kappa shape index (κ3) is 4.32. The van der Waals surface area contributed by atoms with Crippen LogP contribution in [0.15, 0.2) is 6.07 Å². The van der Waals surface area contributed by atoms with Gasteiger partial charge in [-0.15, -0.1) is 0 Å². The molecular formula is C17H30N4. The number of hydrogen-bond acceptors (Lipinski definition) is 4. The van der Waals surface area contributed by atoms with Crippen LogP contribution in [0.25, 0.3) is 0 Å². The van der Waals surface area contributed by atoms with Gasteiger partial charge in [0.05, 0.1) is 0 Å². The highest BCUT2D eigenvalue weighted by molar-refractivity contribution is 5.51. The van der Waals surface area contributed by atoms with E-state index in [1.165, 1.54) is 12.8 Å². The fourth-order valence-corrected chi connectivity index (χ4v) is 2.37. The lowest BCUT2D eigenvalue weighted by Crippen LogP contribution is -2.29. The molecule has 0 unspecified atom stereocenters. The average Bonchev–Trinajstić information content (AvgIpc) is 3.25. The third-order valence-corrected chi connectivity index (χ3v) is 3.69. The van der Waals surface area contributed by atoms with Crippen LogP contribution < -0.4 is 10.2 Å². The minimum Gasteiger partial charge on any atom is -0.370 e. The van der Waals surface area contributed by atoms with E-state index in [2.05, 4.69) is 50.9 Å². The Bertz CT molecular complexity index is 460. The Morgan fingerprint density at radius 2 is 1.90 bits per heavy atom. The maximum atomic E-state index is 4.87. The quantitative estimate of drug-likeness (QED) is 0.825. The number of rotatable bonds is 7. The van der Waals surface area contributed by atoms with Crippen LogP contribution in [0.3, 0.4) is 0 Å². The van der Waals surface area contributed by atoms with Crippen molar-refractivity contribution in [1.29, 1.82) is 0 Å². The highest BCUT2D eigenvalue weighted by atomic mass is 15.2. The molecule has 0 bridgehead atoms. The standard InChI is InChI=1S/C17H30N4/c1-6-10-18-14-12-15(20-16(19-14)17(3,4)5)21(11-7-2)13-8-9-13/h12-13H,6-11H2,1-5H3,(H,18,19,20). The normalized spacial score (nSPS) is 15.1. The predicted molar refractivity (Wildman–Crippen MR) is 90.2 cm³/mol. The zero-order valence-electron chi connectivity index (χ0n) is 14.2. The molecule has 1 aliphatic carbocycles. The van der Waals surface area contributed by atoms with E-state index >= 15 is 0 Å². The summed E-state index contributed by atoms with van der Waals surface area (Å²) in [5, 5.41) is 3.43. The van der Waals surface area contributed by atoms with Gasteiger partial charge in [-0.1, -0.05) is 34.6 Å². The first-order valence-corrected chi connectivity index (χ1v) is 8.35. The molecule has 0 amide bonds. The van der Waals surface area contributed by atoms with Gasteiger partial charge in [0.15, 0.2) is 0 Å². The van der Waals surface area contributed by atoms with E-state index in [-0.39, 0.29) is 5.41 Å². The minimum absolute atomic E-state index is 0.0277. The first kappa shape index (κ1) is 16.1. The lowest BCUT2D eigenvalue weighted by molar-refractivity contribution is 0.544. The van der Waals surface area contributed by atoms with E-state index in [9.17, 15) is 0 Å². The smallest absolute Gasteiger partial charge is 0.138 e. The van der Waals surface area contributed by atoms with Crippen molar-refractivity contribution < 1.29 is 0 Å². The zero-order chi connectivity index (χ0) is 15.5. The van der Waals surface area contributed by atoms with Gasteiger partial charge in [0.25, 0.3) is 0 Å². The molecule has 1 aromatic heterocycles. The largest absolute Gasteiger partial charge is 0.370 e. The average molecular weight is 290 g/mol. The Labute approximate surface area is 129 Å². The first-order chi connectivity index (χ1) is 9.95. The molecule has 1 aliphatic rings. The molecule has 4 heteroatoms. The molecule has 0 aliphatic heterocycles. The second-order valence-electron chi connectivity index (χ2n) is 7.04. The first-order valence-electron chi connectivity index (χ1n) is 8.35. The number of nitrogens with one attached hydrogen (secondary N) is 1. The van der Waals surface area contributed by atoms with Gasteiger partial charge >= 0.3 is 0 Å². The second-order valence-corrected chi connectivity index (χ2v) is 7.04. The van der Waals surface area contributed by atoms with Crippen molar-refractivity contribution in [2.75, 3.05) is 23.3 Å². The van der Waals surface area contributed by atoms with E-state index in [1.807, 2.05) is 0 Å². The summed E-state index contributed by atoms with van der Waals surface area (Å²) in [6, 6.07) is 2.81. The number of anilines is 2. The summed E-state index contributed by atoms with van der Waals surface area (Å²) in [6.45, 7) is 13.0. The van der Waals surface area contributed by atoms with Crippen LogP contribution in [0, 0.1) is 0 Å². The summed E-state index contributed by atoms with van der Waals surface area (Å²) < 4.78 is 0. The Balaban J connectivity index is 2.33. The van der Waals surface area contributed by atoms with Gasteiger partial charge in [-0.25, -0.2) is 9.97 Å². The molecule has 0 aromatic carbocycles. The molecule has 4 nitrogen and oxygen atoms in total. The molecule has 1 saturated carbocycles. The second kappa shape index (κ2) is 6.63. The van der Waals surface area contributed by atoms with Crippen molar-refractivity contribution >= 4 is 11.6 Å². The summed E-state index contributed by atoms with van der Waals surface area (Å²) in [4.78, 5) is 12.0. The summed E-state index contributed by atoms with van der Waals surface area (Å²) in [7, 11) is 0. The van der Waals surface area contributed by atoms with Crippen molar-refractivity contribution in [2.45, 2.75) is 71.8 Å². The monoisotopic (exact) mass is 290 g/mol. The maximum Gasteiger partial charge on any atom is 0.138 e. The highest BCUT2D eigenvalue weighted by Crippen LogP contribution is 2.33. The topological polar surface area (TPSA) is 41.0 Å². The summed E-state index contributed by atoms with van der Waals surface area (Å²) in [6.07, 6.45) is 4.85. The molecule has 118 valence electrons. The molecule has 0 saturated heterocycles. The van der Waals surface area contributed by atoms with E-state index in [0.717, 1.165) is 43.4 Å². The van der Waals surface area contributed by atoms with Gasteiger partial charge < -0.3 is 10.2 Å². The lowest BCUT2D eigenvalue weighted by atomic mass is 9.96. The highest BCUT2D eigenvalue weighted by Gasteiger charge is 2.30. The third-order valence-electron chi connectivity index (χ3n) is 3.69. The lowest BCUT2D eigenvalue weighted by Gasteiger charge is -2.26. The Kier molecular flexibility index (Phi) is 5.07. The summed E-state index contributed by atoms with van der Waals surface area (Å²) in [5.74, 6) is 2.99. The molecule has 21 heavy (non-hydrogen) atoms. The minimum atomic E-state index is -0.0277. The van der Waals surface area contributed by atoms with Crippen LogP contribution in [0.2, 0.25) is 0 Å². The fourth-order valence-electron chi connectivity index (χ4n) is 2.37. The summed E-state index contributed by atoms with van der Waals surface area (Å²) in [5.41, 5.74) is -0.0277. The van der Waals surface area contributed by atoms with Gasteiger partial charge in [-0.3, -0.25) is 0 Å². The van der Waals surface area contributed by atoms with E-state index in [0.29, 0.717) is 6.04 Å². The molecule has 2 rings (SSSR count). The van der Waals surface area contributed by atoms with Crippen molar-refractivity contribution in [3.05, 3.63) is 11.9 Å². The van der Waals surface area contributed by atoms with Crippen LogP contribution in [0.4, 0.5) is 11.6 Å². The van der Waals surface area contributed by atoms with Gasteiger partial charge in [-0.2, -0.15) is 0 Å². The van der Waals surface area contributed by atoms with Gasteiger partial charge in [0, 0.05) is 30.6 Å². The maximum absolute atomic E-state index is 4.87. The van der Waals surface area contributed by atoms with E-state index in [4.69, 9.17) is 9.97 Å². The molecule has 0 radical (unpaired) electrons. The van der Waals surface area contributed by atoms with Crippen molar-refractivity contribution in [1.82, 2.24) is 9.97 Å². The number of nitrogens with zero attached hydrogens (tertiary/aromatic N) is 3. The number of hydrogen-bond donors (Lipinski definition) is 1. The van der Waals surface area contributed by atoms with Gasteiger partial charge in [0.2, 0.25) is 0 Å². The Morgan fingerprint density at radius 1 is 1.19 bits per heavy atom. The van der Waals surface area contributed by atoms with Gasteiger partial charge in [0.1, 0.15) is 17.5 Å². The molecule has 0 spiro atoms. The van der Waals surface area contributed by atoms with Crippen LogP contribution in [-0.2, 0) is 5.41 Å². The van der Waals surface area contributed by atoms with E-state index < -0.39 is 0 Å². The van der Waals surface area contributed by atoms with Gasteiger partial charge in [-0.05, 0) is 25.7 Å². The van der Waals surface area contributed by atoms with Crippen molar-refractivity contribution in [3.63, 3.8) is 0 Å². The predicted octanol–water partition coefficient (Wildman–Crippen LogP) is 3.97. The molecule has 0 atom stereocenters. The molecule has 1 fully saturated rings. The molecule has 1 aromatic rings. The number of aromatic nitrogens is 2. The SMILES string of the molecule is CCCNc1cc(N(CCC)C2CC2)nc(C(C)(C)C)n1. The zero-order valence-corrected chi connectivity index (χ0v) is 14.2. The Hall–Kier alpha value is -1.32. The molecule has 1 heterocycles. The Morgan fingerprint density at radius 3 is 2.43 bits per heavy atom. The van der Waals surface area contributed by atoms with Crippen LogP contribution in [-0.4, -0.2) is 29.1 Å².